The summed E-state index contributed by atoms with van der Waals surface area (Å²) < 4.78 is 1.14. The van der Waals surface area contributed by atoms with Crippen LogP contribution in [0, 0.1) is 27.7 Å². The average Bonchev–Trinajstić information content (AvgIpc) is 2.29. The summed E-state index contributed by atoms with van der Waals surface area (Å²) in [6.07, 6.45) is 0. The monoisotopic (exact) mass is 260 g/mol. The summed E-state index contributed by atoms with van der Waals surface area (Å²) in [5.74, 6) is -0.316. The molecule has 0 radical (unpaired) electrons. The van der Waals surface area contributed by atoms with Crippen molar-refractivity contribution in [1.29, 1.82) is 0 Å². The summed E-state index contributed by atoms with van der Waals surface area (Å²) >= 11 is 0. The molecule has 5 heteroatoms. The fourth-order valence-corrected chi connectivity index (χ4v) is 2.34. The minimum absolute atomic E-state index is 0.124. The second kappa shape index (κ2) is 4.42. The Morgan fingerprint density at radius 3 is 2.11 bits per heavy atom. The Bertz CT molecular complexity index is 746. The summed E-state index contributed by atoms with van der Waals surface area (Å²) in [6, 6.07) is 3.85. The van der Waals surface area contributed by atoms with E-state index in [9.17, 15) is 14.7 Å². The van der Waals surface area contributed by atoms with E-state index >= 15 is 0 Å². The van der Waals surface area contributed by atoms with Crippen molar-refractivity contribution in [2.45, 2.75) is 27.7 Å². The van der Waals surface area contributed by atoms with Crippen LogP contribution in [0.1, 0.15) is 22.3 Å². The van der Waals surface area contributed by atoms with Gasteiger partial charge in [0.2, 0.25) is 5.88 Å². The second-order valence-corrected chi connectivity index (χ2v) is 4.79. The lowest BCUT2D eigenvalue weighted by Gasteiger charge is -2.15. The molecule has 2 N–H and O–H groups in total. The van der Waals surface area contributed by atoms with Gasteiger partial charge in [0.25, 0.3) is 5.56 Å². The van der Waals surface area contributed by atoms with Crippen LogP contribution in [-0.4, -0.2) is 14.7 Å². The lowest BCUT2D eigenvalue weighted by Crippen LogP contribution is -2.31. The fourth-order valence-electron chi connectivity index (χ4n) is 2.34. The Balaban J connectivity index is 2.92. The molecule has 0 fully saturated rings. The van der Waals surface area contributed by atoms with Crippen LogP contribution in [0.5, 0.6) is 5.88 Å². The zero-order valence-electron chi connectivity index (χ0n) is 11.4. The Hall–Kier alpha value is -2.30. The molecule has 19 heavy (non-hydrogen) atoms. The quantitative estimate of drug-likeness (QED) is 0.815. The Kier molecular flexibility index (Phi) is 3.06. The van der Waals surface area contributed by atoms with Crippen LogP contribution in [0.4, 0.5) is 0 Å². The van der Waals surface area contributed by atoms with Crippen LogP contribution >= 0.6 is 0 Å². The Morgan fingerprint density at radius 1 is 1.05 bits per heavy atom. The molecule has 5 nitrogen and oxygen atoms in total. The first kappa shape index (κ1) is 13.1. The molecule has 0 saturated carbocycles. The largest absolute Gasteiger partial charge is 0.494 e. The van der Waals surface area contributed by atoms with E-state index < -0.39 is 11.2 Å². The molecule has 0 bridgehead atoms. The van der Waals surface area contributed by atoms with Gasteiger partial charge >= 0.3 is 5.69 Å². The predicted molar refractivity (Wildman–Crippen MR) is 73.3 cm³/mol. The van der Waals surface area contributed by atoms with Crippen LogP contribution in [0.25, 0.3) is 5.69 Å². The lowest BCUT2D eigenvalue weighted by molar-refractivity contribution is 0.425. The fraction of sp³-hybridized carbons (Fsp3) is 0.286. The maximum atomic E-state index is 12.0. The number of hydrogen-bond acceptors (Lipinski definition) is 3. The van der Waals surface area contributed by atoms with Crippen LogP contribution in [0.3, 0.4) is 0 Å². The van der Waals surface area contributed by atoms with Crippen molar-refractivity contribution in [3.05, 3.63) is 55.2 Å². The van der Waals surface area contributed by atoms with Crippen molar-refractivity contribution >= 4 is 0 Å². The van der Waals surface area contributed by atoms with E-state index in [1.807, 2.05) is 32.9 Å². The predicted octanol–water partition coefficient (Wildman–Crippen LogP) is 1.47. The first-order valence-electron chi connectivity index (χ1n) is 5.96. The van der Waals surface area contributed by atoms with E-state index in [-0.39, 0.29) is 11.4 Å². The van der Waals surface area contributed by atoms with Gasteiger partial charge in [0.15, 0.2) is 0 Å². The van der Waals surface area contributed by atoms with Gasteiger partial charge in [-0.25, -0.2) is 9.36 Å². The Morgan fingerprint density at radius 2 is 1.58 bits per heavy atom. The SMILES string of the molecule is Cc1cc(C)c(-n2c(O)c(C)c(=O)[nH]c2=O)c(C)c1. The third-order valence-corrected chi connectivity index (χ3v) is 3.17. The van der Waals surface area contributed by atoms with E-state index in [4.69, 9.17) is 0 Å². The molecule has 0 unspecified atom stereocenters. The number of benzene rings is 1. The van der Waals surface area contributed by atoms with E-state index in [1.165, 1.54) is 6.92 Å². The van der Waals surface area contributed by atoms with E-state index in [2.05, 4.69) is 4.98 Å². The van der Waals surface area contributed by atoms with Gasteiger partial charge in [-0.1, -0.05) is 17.7 Å². The molecule has 0 spiro atoms. The van der Waals surface area contributed by atoms with Gasteiger partial charge in [-0.05, 0) is 38.8 Å². The molecule has 0 atom stereocenters. The third-order valence-electron chi connectivity index (χ3n) is 3.17. The van der Waals surface area contributed by atoms with Crippen molar-refractivity contribution in [2.75, 3.05) is 0 Å². The van der Waals surface area contributed by atoms with Crippen LogP contribution in [0.2, 0.25) is 0 Å². The van der Waals surface area contributed by atoms with Gasteiger partial charge in [-0.2, -0.15) is 0 Å². The number of aromatic nitrogens is 2. The van der Waals surface area contributed by atoms with Gasteiger partial charge in [0, 0.05) is 0 Å². The van der Waals surface area contributed by atoms with Crippen LogP contribution < -0.4 is 11.2 Å². The van der Waals surface area contributed by atoms with Crippen LogP contribution in [0.15, 0.2) is 21.7 Å². The molecule has 0 aliphatic heterocycles. The van der Waals surface area contributed by atoms with Crippen LogP contribution in [-0.2, 0) is 0 Å². The second-order valence-electron chi connectivity index (χ2n) is 4.79. The topological polar surface area (TPSA) is 75.1 Å². The highest BCUT2D eigenvalue weighted by Gasteiger charge is 2.15. The van der Waals surface area contributed by atoms with E-state index in [0.717, 1.165) is 21.3 Å². The summed E-state index contributed by atoms with van der Waals surface area (Å²) in [4.78, 5) is 25.6. The van der Waals surface area contributed by atoms with E-state index in [1.54, 1.807) is 0 Å². The normalized spacial score (nSPS) is 10.7. The number of nitrogens with zero attached hydrogens (tertiary/aromatic N) is 1. The maximum absolute atomic E-state index is 12.0. The first-order chi connectivity index (χ1) is 8.82. The molecule has 1 heterocycles. The standard InChI is InChI=1S/C14H16N2O3/c1-7-5-8(2)11(9(3)6-7)16-13(18)10(4)12(17)15-14(16)19/h5-6,18H,1-4H3,(H,15,17,19). The minimum Gasteiger partial charge on any atom is -0.494 e. The zero-order chi connectivity index (χ0) is 14.3. The molecule has 0 aliphatic carbocycles. The number of H-pyrrole nitrogens is 1. The summed E-state index contributed by atoms with van der Waals surface area (Å²) in [5.41, 5.74) is 2.32. The molecule has 2 rings (SSSR count). The number of aromatic amines is 1. The number of rotatable bonds is 1. The molecular weight excluding hydrogens is 244 g/mol. The molecule has 100 valence electrons. The maximum Gasteiger partial charge on any atom is 0.335 e. The number of aromatic hydroxyl groups is 1. The molecule has 1 aromatic heterocycles. The summed E-state index contributed by atoms with van der Waals surface area (Å²) in [5, 5.41) is 10.1. The lowest BCUT2D eigenvalue weighted by atomic mass is 10.0. The Labute approximate surface area is 110 Å². The van der Waals surface area contributed by atoms with Gasteiger partial charge in [-0.3, -0.25) is 9.78 Å². The molecule has 2 aromatic rings. The molecule has 0 aliphatic rings. The third kappa shape index (κ3) is 2.07. The molecule has 0 saturated heterocycles. The summed E-state index contributed by atoms with van der Waals surface area (Å²) in [7, 11) is 0. The van der Waals surface area contributed by atoms with E-state index in [0.29, 0.717) is 5.69 Å². The van der Waals surface area contributed by atoms with Gasteiger partial charge < -0.3 is 5.11 Å². The molecular formula is C14H16N2O3. The smallest absolute Gasteiger partial charge is 0.335 e. The highest BCUT2D eigenvalue weighted by atomic mass is 16.3. The van der Waals surface area contributed by atoms with Crippen molar-refractivity contribution in [3.63, 3.8) is 0 Å². The molecule has 1 aromatic carbocycles. The van der Waals surface area contributed by atoms with Gasteiger partial charge in [-0.15, -0.1) is 0 Å². The molecule has 0 amide bonds. The van der Waals surface area contributed by atoms with Crippen molar-refractivity contribution < 1.29 is 5.11 Å². The van der Waals surface area contributed by atoms with Crippen molar-refractivity contribution in [1.82, 2.24) is 9.55 Å². The van der Waals surface area contributed by atoms with Crippen molar-refractivity contribution in [2.24, 2.45) is 0 Å². The highest BCUT2D eigenvalue weighted by Crippen LogP contribution is 2.23. The average molecular weight is 260 g/mol. The number of aryl methyl sites for hydroxylation is 3. The van der Waals surface area contributed by atoms with Gasteiger partial charge in [0.05, 0.1) is 11.3 Å². The van der Waals surface area contributed by atoms with Gasteiger partial charge in [0.1, 0.15) is 0 Å². The zero-order valence-corrected chi connectivity index (χ0v) is 11.4. The van der Waals surface area contributed by atoms with Crippen molar-refractivity contribution in [3.8, 4) is 11.6 Å². The minimum atomic E-state index is -0.636. The highest BCUT2D eigenvalue weighted by molar-refractivity contribution is 5.51. The summed E-state index contributed by atoms with van der Waals surface area (Å²) in [6.45, 7) is 7.16. The number of hydrogen-bond donors (Lipinski definition) is 2. The first-order valence-corrected chi connectivity index (χ1v) is 5.96. The number of nitrogens with one attached hydrogen (secondary N) is 1.